The molecule has 1 aromatic carbocycles. The Morgan fingerprint density at radius 2 is 2.14 bits per heavy atom. The van der Waals surface area contributed by atoms with Gasteiger partial charge in [-0.05, 0) is 17.9 Å². The smallest absolute Gasteiger partial charge is 0.423 e. The monoisotopic (exact) mass is 197 g/mol. The molecular formula is C9H13BFNO2. The largest absolute Gasteiger partial charge is 0.488 e. The maximum atomic E-state index is 13.3. The molecule has 0 aromatic heterocycles. The molecule has 0 aliphatic carbocycles. The highest BCUT2D eigenvalue weighted by Gasteiger charge is 2.15. The van der Waals surface area contributed by atoms with Gasteiger partial charge in [-0.2, -0.15) is 0 Å². The van der Waals surface area contributed by atoms with Crippen LogP contribution in [-0.4, -0.2) is 17.2 Å². The third-order valence-electron chi connectivity index (χ3n) is 2.16. The van der Waals surface area contributed by atoms with Gasteiger partial charge >= 0.3 is 7.12 Å². The van der Waals surface area contributed by atoms with Crippen molar-refractivity contribution in [2.24, 2.45) is 5.73 Å². The van der Waals surface area contributed by atoms with E-state index in [0.717, 1.165) is 6.07 Å². The van der Waals surface area contributed by atoms with Gasteiger partial charge in [0.1, 0.15) is 5.82 Å². The van der Waals surface area contributed by atoms with Gasteiger partial charge < -0.3 is 15.8 Å². The molecule has 0 spiro atoms. The SMILES string of the molecule is CC[C@H](N)c1ccc(B(O)O)cc1F. The van der Waals surface area contributed by atoms with Crippen molar-refractivity contribution in [2.45, 2.75) is 19.4 Å². The van der Waals surface area contributed by atoms with Gasteiger partial charge in [0.2, 0.25) is 0 Å². The van der Waals surface area contributed by atoms with Crippen LogP contribution in [0.1, 0.15) is 24.9 Å². The van der Waals surface area contributed by atoms with Gasteiger partial charge in [-0.3, -0.25) is 0 Å². The zero-order valence-corrected chi connectivity index (χ0v) is 7.94. The highest BCUT2D eigenvalue weighted by molar-refractivity contribution is 6.58. The summed E-state index contributed by atoms with van der Waals surface area (Å²) in [5, 5.41) is 17.6. The maximum absolute atomic E-state index is 13.3. The maximum Gasteiger partial charge on any atom is 0.488 e. The lowest BCUT2D eigenvalue weighted by Crippen LogP contribution is -2.30. The molecule has 0 aliphatic heterocycles. The first-order chi connectivity index (χ1) is 6.56. The summed E-state index contributed by atoms with van der Waals surface area (Å²) in [6.45, 7) is 1.86. The molecule has 0 aliphatic rings. The zero-order valence-electron chi connectivity index (χ0n) is 7.94. The molecule has 5 heteroatoms. The minimum absolute atomic E-state index is 0.134. The summed E-state index contributed by atoms with van der Waals surface area (Å²) < 4.78 is 13.3. The van der Waals surface area contributed by atoms with Crippen molar-refractivity contribution in [3.05, 3.63) is 29.6 Å². The van der Waals surface area contributed by atoms with E-state index in [2.05, 4.69) is 0 Å². The van der Waals surface area contributed by atoms with Crippen molar-refractivity contribution in [1.82, 2.24) is 0 Å². The van der Waals surface area contributed by atoms with Gasteiger partial charge in [0.05, 0.1) is 0 Å². The Balaban J connectivity index is 3.01. The van der Waals surface area contributed by atoms with Crippen LogP contribution in [0.4, 0.5) is 4.39 Å². The molecule has 3 nitrogen and oxygen atoms in total. The lowest BCUT2D eigenvalue weighted by atomic mass is 9.79. The van der Waals surface area contributed by atoms with E-state index in [-0.39, 0.29) is 11.5 Å². The minimum Gasteiger partial charge on any atom is -0.423 e. The van der Waals surface area contributed by atoms with E-state index >= 15 is 0 Å². The average molecular weight is 197 g/mol. The van der Waals surface area contributed by atoms with Crippen molar-refractivity contribution >= 4 is 12.6 Å². The van der Waals surface area contributed by atoms with Gasteiger partial charge in [0.25, 0.3) is 0 Å². The lowest BCUT2D eigenvalue weighted by Gasteiger charge is -2.11. The molecule has 0 radical (unpaired) electrons. The zero-order chi connectivity index (χ0) is 10.7. The Morgan fingerprint density at radius 1 is 1.50 bits per heavy atom. The highest BCUT2D eigenvalue weighted by atomic mass is 19.1. The summed E-state index contributed by atoms with van der Waals surface area (Å²) in [6.07, 6.45) is 0.637. The minimum atomic E-state index is -1.64. The van der Waals surface area contributed by atoms with Gasteiger partial charge in [0.15, 0.2) is 0 Å². The third kappa shape index (κ3) is 2.32. The Labute approximate surface area is 82.5 Å². The lowest BCUT2D eigenvalue weighted by molar-refractivity contribution is 0.425. The fourth-order valence-corrected chi connectivity index (χ4v) is 1.22. The summed E-state index contributed by atoms with van der Waals surface area (Å²) in [4.78, 5) is 0. The van der Waals surface area contributed by atoms with Crippen molar-refractivity contribution < 1.29 is 14.4 Å². The molecule has 0 unspecified atom stereocenters. The van der Waals surface area contributed by atoms with Gasteiger partial charge in [-0.1, -0.05) is 19.1 Å². The van der Waals surface area contributed by atoms with Crippen LogP contribution in [0.15, 0.2) is 18.2 Å². The van der Waals surface area contributed by atoms with E-state index in [0.29, 0.717) is 12.0 Å². The van der Waals surface area contributed by atoms with Crippen LogP contribution in [0.3, 0.4) is 0 Å². The molecule has 0 bridgehead atoms. The molecule has 0 saturated carbocycles. The van der Waals surface area contributed by atoms with Crippen molar-refractivity contribution in [1.29, 1.82) is 0 Å². The molecule has 0 heterocycles. The van der Waals surface area contributed by atoms with Gasteiger partial charge in [0, 0.05) is 11.6 Å². The van der Waals surface area contributed by atoms with Crippen LogP contribution < -0.4 is 11.2 Å². The van der Waals surface area contributed by atoms with Crippen LogP contribution in [-0.2, 0) is 0 Å². The number of halogens is 1. The van der Waals surface area contributed by atoms with E-state index < -0.39 is 12.9 Å². The third-order valence-corrected chi connectivity index (χ3v) is 2.16. The molecule has 1 atom stereocenters. The number of nitrogens with two attached hydrogens (primary N) is 1. The number of rotatable bonds is 3. The summed E-state index contributed by atoms with van der Waals surface area (Å²) in [6, 6.07) is 3.69. The van der Waals surface area contributed by atoms with Crippen LogP contribution >= 0.6 is 0 Å². The van der Waals surface area contributed by atoms with Crippen molar-refractivity contribution in [3.8, 4) is 0 Å². The molecule has 0 fully saturated rings. The molecular weight excluding hydrogens is 184 g/mol. The molecule has 0 saturated heterocycles. The number of hydrogen-bond acceptors (Lipinski definition) is 3. The molecule has 0 amide bonds. The van der Waals surface area contributed by atoms with E-state index in [1.807, 2.05) is 6.92 Å². The van der Waals surface area contributed by atoms with E-state index in [9.17, 15) is 4.39 Å². The highest BCUT2D eigenvalue weighted by Crippen LogP contribution is 2.16. The molecule has 1 aromatic rings. The van der Waals surface area contributed by atoms with Gasteiger partial charge in [-0.25, -0.2) is 4.39 Å². The van der Waals surface area contributed by atoms with Crippen LogP contribution in [0.2, 0.25) is 0 Å². The van der Waals surface area contributed by atoms with E-state index in [1.165, 1.54) is 12.1 Å². The number of hydrogen-bond donors (Lipinski definition) is 3. The molecule has 14 heavy (non-hydrogen) atoms. The predicted molar refractivity (Wildman–Crippen MR) is 53.4 cm³/mol. The van der Waals surface area contributed by atoms with Crippen LogP contribution in [0.5, 0.6) is 0 Å². The quantitative estimate of drug-likeness (QED) is 0.593. The fraction of sp³-hybridized carbons (Fsp3) is 0.333. The van der Waals surface area contributed by atoms with Crippen LogP contribution in [0.25, 0.3) is 0 Å². The normalized spacial score (nSPS) is 12.6. The summed E-state index contributed by atoms with van der Waals surface area (Å²) in [5.74, 6) is -0.495. The summed E-state index contributed by atoms with van der Waals surface area (Å²) >= 11 is 0. The first-order valence-electron chi connectivity index (χ1n) is 4.47. The summed E-state index contributed by atoms with van der Waals surface area (Å²) in [7, 11) is -1.64. The summed E-state index contributed by atoms with van der Waals surface area (Å²) in [5.41, 5.74) is 6.19. The van der Waals surface area contributed by atoms with Gasteiger partial charge in [-0.15, -0.1) is 0 Å². The van der Waals surface area contributed by atoms with Crippen molar-refractivity contribution in [2.75, 3.05) is 0 Å². The molecule has 1 rings (SSSR count). The molecule has 4 N–H and O–H groups in total. The standard InChI is InChI=1S/C9H13BFNO2/c1-2-9(12)7-4-3-6(10(13)14)5-8(7)11/h3-5,9,13-14H,2,12H2,1H3/t9-/m0/s1. The fourth-order valence-electron chi connectivity index (χ4n) is 1.22. The second-order valence-electron chi connectivity index (χ2n) is 3.17. The second kappa shape index (κ2) is 4.55. The van der Waals surface area contributed by atoms with Crippen LogP contribution in [0, 0.1) is 5.82 Å². The first kappa shape index (κ1) is 11.2. The Kier molecular flexibility index (Phi) is 3.63. The second-order valence-corrected chi connectivity index (χ2v) is 3.17. The Bertz CT molecular complexity index is 320. The molecule has 76 valence electrons. The Hall–Kier alpha value is -0.905. The number of benzene rings is 1. The predicted octanol–water partition coefficient (Wildman–Crippen LogP) is -0.0847. The first-order valence-corrected chi connectivity index (χ1v) is 4.47. The topological polar surface area (TPSA) is 66.5 Å². The van der Waals surface area contributed by atoms with Crippen molar-refractivity contribution in [3.63, 3.8) is 0 Å². The van der Waals surface area contributed by atoms with E-state index in [4.69, 9.17) is 15.8 Å². The average Bonchev–Trinajstić information content (AvgIpc) is 2.16. The Morgan fingerprint density at radius 3 is 2.57 bits per heavy atom. The van der Waals surface area contributed by atoms with E-state index in [1.54, 1.807) is 0 Å².